The van der Waals surface area contributed by atoms with Crippen LogP contribution in [0.4, 0.5) is 17.1 Å². The first kappa shape index (κ1) is 22.3. The summed E-state index contributed by atoms with van der Waals surface area (Å²) in [5, 5.41) is 2.87. The largest absolute Gasteiger partial charge is 0.358 e. The first-order chi connectivity index (χ1) is 15.2. The zero-order chi connectivity index (χ0) is 23.0. The third-order valence-electron chi connectivity index (χ3n) is 6.10. The van der Waals surface area contributed by atoms with Gasteiger partial charge in [0.15, 0.2) is 0 Å². The summed E-state index contributed by atoms with van der Waals surface area (Å²) in [7, 11) is -0.754. The molecule has 32 heavy (non-hydrogen) atoms. The molecule has 8 nitrogen and oxygen atoms in total. The van der Waals surface area contributed by atoms with Crippen molar-refractivity contribution in [3.05, 3.63) is 48.0 Å². The highest BCUT2D eigenvalue weighted by atomic mass is 32.2. The van der Waals surface area contributed by atoms with Gasteiger partial charge in [0.25, 0.3) is 0 Å². The van der Waals surface area contributed by atoms with Gasteiger partial charge in [-0.15, -0.1) is 0 Å². The molecule has 4 rings (SSSR count). The number of sulfonamides is 1. The van der Waals surface area contributed by atoms with Crippen molar-refractivity contribution < 1.29 is 18.0 Å². The number of carbonyl (C=O) groups is 2. The van der Waals surface area contributed by atoms with Crippen molar-refractivity contribution in [2.75, 3.05) is 42.3 Å². The van der Waals surface area contributed by atoms with Crippen LogP contribution >= 0.6 is 0 Å². The summed E-state index contributed by atoms with van der Waals surface area (Å²) in [6, 6.07) is 11.9. The molecule has 1 unspecified atom stereocenters. The Balaban J connectivity index is 1.72. The van der Waals surface area contributed by atoms with Gasteiger partial charge in [0.1, 0.15) is 12.6 Å². The van der Waals surface area contributed by atoms with Crippen LogP contribution in [0.1, 0.15) is 24.8 Å². The van der Waals surface area contributed by atoms with E-state index in [4.69, 9.17) is 0 Å². The number of hydrogen-bond acceptors (Lipinski definition) is 5. The first-order valence-corrected chi connectivity index (χ1v) is 12.1. The Kier molecular flexibility index (Phi) is 5.96. The van der Waals surface area contributed by atoms with Gasteiger partial charge >= 0.3 is 0 Å². The maximum Gasteiger partial charge on any atom is 0.250 e. The number of amides is 2. The topological polar surface area (TPSA) is 90.0 Å². The zero-order valence-corrected chi connectivity index (χ0v) is 19.4. The highest BCUT2D eigenvalue weighted by Gasteiger charge is 2.40. The van der Waals surface area contributed by atoms with E-state index in [9.17, 15) is 18.0 Å². The molecule has 2 heterocycles. The minimum Gasteiger partial charge on any atom is -0.358 e. The van der Waals surface area contributed by atoms with Crippen LogP contribution in [-0.2, 0) is 19.6 Å². The molecule has 0 spiro atoms. The second kappa shape index (κ2) is 8.55. The van der Waals surface area contributed by atoms with Crippen molar-refractivity contribution in [2.24, 2.45) is 0 Å². The van der Waals surface area contributed by atoms with E-state index in [1.54, 1.807) is 12.1 Å². The predicted molar refractivity (Wildman–Crippen MR) is 124 cm³/mol. The van der Waals surface area contributed by atoms with E-state index in [0.717, 1.165) is 34.9 Å². The van der Waals surface area contributed by atoms with Crippen LogP contribution < -0.4 is 15.1 Å². The summed E-state index contributed by atoms with van der Waals surface area (Å²) >= 11 is 0. The lowest BCUT2D eigenvalue weighted by Gasteiger charge is -2.45. The summed E-state index contributed by atoms with van der Waals surface area (Å²) in [6.45, 7) is 2.44. The Hall–Kier alpha value is -2.91. The van der Waals surface area contributed by atoms with Crippen LogP contribution in [0.15, 0.2) is 47.4 Å². The van der Waals surface area contributed by atoms with Gasteiger partial charge in [-0.05, 0) is 56.0 Å². The Morgan fingerprint density at radius 3 is 2.59 bits per heavy atom. The third-order valence-corrected chi connectivity index (χ3v) is 7.91. The van der Waals surface area contributed by atoms with Crippen molar-refractivity contribution in [1.82, 2.24) is 4.31 Å². The molecule has 1 atom stereocenters. The Morgan fingerprint density at radius 2 is 1.88 bits per heavy atom. The van der Waals surface area contributed by atoms with Gasteiger partial charge < -0.3 is 10.2 Å². The number of nitrogens with one attached hydrogen (secondary N) is 1. The smallest absolute Gasteiger partial charge is 0.250 e. The Morgan fingerprint density at radius 1 is 1.12 bits per heavy atom. The minimum atomic E-state index is -3.69. The van der Waals surface area contributed by atoms with E-state index in [2.05, 4.69) is 5.32 Å². The SMILES string of the molecule is Cc1ccccc1NC(=O)CN1C(=O)C2CCCCN2c2ccc(S(=O)(=O)N(C)C)cc21. The molecule has 2 aliphatic rings. The number of hydrogen-bond donors (Lipinski definition) is 1. The number of piperidine rings is 1. The number of carbonyl (C=O) groups excluding carboxylic acids is 2. The molecule has 0 aliphatic carbocycles. The summed E-state index contributed by atoms with van der Waals surface area (Å²) in [5.41, 5.74) is 2.85. The molecule has 170 valence electrons. The number of nitrogens with zero attached hydrogens (tertiary/aromatic N) is 3. The number of benzene rings is 2. The van der Waals surface area contributed by atoms with Crippen LogP contribution in [0.5, 0.6) is 0 Å². The fraction of sp³-hybridized carbons (Fsp3) is 0.391. The van der Waals surface area contributed by atoms with Gasteiger partial charge in [0, 0.05) is 26.3 Å². The lowest BCUT2D eigenvalue weighted by molar-refractivity contribution is -0.123. The second-order valence-electron chi connectivity index (χ2n) is 8.43. The molecule has 2 aliphatic heterocycles. The van der Waals surface area contributed by atoms with E-state index in [1.807, 2.05) is 36.1 Å². The van der Waals surface area contributed by atoms with Crippen molar-refractivity contribution in [3.8, 4) is 0 Å². The van der Waals surface area contributed by atoms with Crippen molar-refractivity contribution in [3.63, 3.8) is 0 Å². The van der Waals surface area contributed by atoms with Crippen molar-refractivity contribution in [1.29, 1.82) is 0 Å². The molecule has 2 aromatic rings. The van der Waals surface area contributed by atoms with E-state index in [-0.39, 0.29) is 29.3 Å². The lowest BCUT2D eigenvalue weighted by atomic mass is 9.96. The van der Waals surface area contributed by atoms with Gasteiger partial charge in [-0.3, -0.25) is 14.5 Å². The molecule has 2 amide bonds. The number of fused-ring (bicyclic) bond motifs is 3. The van der Waals surface area contributed by atoms with Gasteiger partial charge in [0.05, 0.1) is 16.3 Å². The van der Waals surface area contributed by atoms with Crippen LogP contribution in [-0.4, -0.2) is 57.8 Å². The summed E-state index contributed by atoms with van der Waals surface area (Å²) in [6.07, 6.45) is 2.62. The average Bonchev–Trinajstić information content (AvgIpc) is 2.77. The Bertz CT molecular complexity index is 1160. The second-order valence-corrected chi connectivity index (χ2v) is 10.6. The van der Waals surface area contributed by atoms with Crippen LogP contribution in [0.25, 0.3) is 0 Å². The molecule has 0 radical (unpaired) electrons. The van der Waals surface area contributed by atoms with E-state index >= 15 is 0 Å². The quantitative estimate of drug-likeness (QED) is 0.747. The highest BCUT2D eigenvalue weighted by molar-refractivity contribution is 7.89. The number of aryl methyl sites for hydroxylation is 1. The predicted octanol–water partition coefficient (Wildman–Crippen LogP) is 2.59. The van der Waals surface area contributed by atoms with Gasteiger partial charge in [-0.25, -0.2) is 12.7 Å². The molecule has 0 saturated carbocycles. The van der Waals surface area contributed by atoms with Gasteiger partial charge in [-0.2, -0.15) is 0 Å². The summed E-state index contributed by atoms with van der Waals surface area (Å²) in [5.74, 6) is -0.500. The number of para-hydroxylation sites is 1. The maximum absolute atomic E-state index is 13.4. The normalized spacial score (nSPS) is 18.4. The fourth-order valence-corrected chi connectivity index (χ4v) is 5.24. The summed E-state index contributed by atoms with van der Waals surface area (Å²) < 4.78 is 26.6. The molecule has 0 bridgehead atoms. The fourth-order valence-electron chi connectivity index (χ4n) is 4.32. The standard InChI is InChI=1S/C23H28N4O4S/c1-16-8-4-5-9-18(16)24-22(28)15-27-21-14-17(32(30,31)25(2)3)11-12-19(21)26-13-7-6-10-20(26)23(27)29/h4-5,8-9,11-12,14,20H,6-7,10,13,15H2,1-3H3,(H,24,28). The van der Waals surface area contributed by atoms with E-state index in [0.29, 0.717) is 17.8 Å². The molecular weight excluding hydrogens is 428 g/mol. The molecular formula is C23H28N4O4S. The molecule has 1 saturated heterocycles. The van der Waals surface area contributed by atoms with E-state index < -0.39 is 10.0 Å². The minimum absolute atomic E-state index is 0.0915. The van der Waals surface area contributed by atoms with E-state index in [1.165, 1.54) is 25.1 Å². The Labute approximate surface area is 188 Å². The highest BCUT2D eigenvalue weighted by Crippen LogP contribution is 2.40. The van der Waals surface area contributed by atoms with Crippen LogP contribution in [0, 0.1) is 6.92 Å². The molecule has 9 heteroatoms. The van der Waals surface area contributed by atoms with Crippen LogP contribution in [0.2, 0.25) is 0 Å². The zero-order valence-electron chi connectivity index (χ0n) is 18.5. The number of anilines is 3. The molecule has 2 aromatic carbocycles. The van der Waals surface area contributed by atoms with Crippen LogP contribution in [0.3, 0.4) is 0 Å². The first-order valence-electron chi connectivity index (χ1n) is 10.7. The monoisotopic (exact) mass is 456 g/mol. The molecule has 1 fully saturated rings. The van der Waals surface area contributed by atoms with Gasteiger partial charge in [-0.1, -0.05) is 18.2 Å². The van der Waals surface area contributed by atoms with Crippen molar-refractivity contribution in [2.45, 2.75) is 37.1 Å². The molecule has 1 N–H and O–H groups in total. The molecule has 0 aromatic heterocycles. The summed E-state index contributed by atoms with van der Waals surface area (Å²) in [4.78, 5) is 29.9. The third kappa shape index (κ3) is 3.98. The van der Waals surface area contributed by atoms with Gasteiger partial charge in [0.2, 0.25) is 21.8 Å². The lowest BCUT2D eigenvalue weighted by Crippen LogP contribution is -2.56. The average molecular weight is 457 g/mol. The van der Waals surface area contributed by atoms with Crippen molar-refractivity contribution >= 4 is 38.9 Å². The maximum atomic E-state index is 13.4. The number of rotatable bonds is 5.